The Morgan fingerprint density at radius 1 is 1.35 bits per heavy atom. The maximum absolute atomic E-state index is 12.8. The van der Waals surface area contributed by atoms with E-state index in [0.717, 1.165) is 5.56 Å². The number of aryl methyl sites for hydroxylation is 1. The predicted octanol–water partition coefficient (Wildman–Crippen LogP) is 1.12. The molecule has 0 radical (unpaired) electrons. The molecule has 7 heteroatoms. The molecule has 3 rings (SSSR count). The molecule has 2 aliphatic rings. The molecule has 1 amide bonds. The molecule has 0 spiro atoms. The number of carbonyl (C=O) groups excluding carboxylic acids is 1. The van der Waals surface area contributed by atoms with Gasteiger partial charge in [0.1, 0.15) is 0 Å². The number of aliphatic hydroxyl groups is 1. The summed E-state index contributed by atoms with van der Waals surface area (Å²) in [5.74, 6) is -0.658. The number of aliphatic hydroxyl groups excluding tert-OH is 1. The van der Waals surface area contributed by atoms with Crippen LogP contribution in [0.25, 0.3) is 0 Å². The van der Waals surface area contributed by atoms with Gasteiger partial charge in [0.2, 0.25) is 0 Å². The number of hydrazine groups is 1. The van der Waals surface area contributed by atoms with E-state index < -0.39 is 27.6 Å². The fourth-order valence-corrected chi connectivity index (χ4v) is 4.75. The molecule has 1 aliphatic carbocycles. The molecular formula is C16H20N2O4S. The number of benzene rings is 1. The van der Waals surface area contributed by atoms with Crippen molar-refractivity contribution in [2.45, 2.75) is 42.7 Å². The molecule has 1 aliphatic heterocycles. The second-order valence-corrected chi connectivity index (χ2v) is 8.01. The molecule has 1 heterocycles. The van der Waals surface area contributed by atoms with E-state index in [2.05, 4.69) is 12.0 Å². The van der Waals surface area contributed by atoms with E-state index in [4.69, 9.17) is 0 Å². The maximum atomic E-state index is 12.8. The van der Waals surface area contributed by atoms with Gasteiger partial charge in [-0.15, -0.1) is 6.58 Å². The number of hydrogen-bond donors (Lipinski definition) is 2. The van der Waals surface area contributed by atoms with Gasteiger partial charge < -0.3 is 5.11 Å². The van der Waals surface area contributed by atoms with Crippen LogP contribution in [-0.2, 0) is 14.8 Å². The lowest BCUT2D eigenvalue weighted by atomic mass is 9.82. The molecule has 2 fully saturated rings. The Kier molecular flexibility index (Phi) is 3.82. The van der Waals surface area contributed by atoms with Gasteiger partial charge in [0.25, 0.3) is 15.9 Å². The maximum Gasteiger partial charge on any atom is 0.280 e. The van der Waals surface area contributed by atoms with E-state index in [1.54, 1.807) is 12.1 Å². The molecule has 0 aromatic heterocycles. The first-order chi connectivity index (χ1) is 10.8. The number of carbonyl (C=O) groups is 1. The Morgan fingerprint density at radius 3 is 2.61 bits per heavy atom. The van der Waals surface area contributed by atoms with Crippen LogP contribution in [0.15, 0.2) is 41.8 Å². The molecule has 2 N–H and O–H groups in total. The third-order valence-electron chi connectivity index (χ3n) is 4.86. The lowest BCUT2D eigenvalue weighted by Gasteiger charge is -2.44. The third kappa shape index (κ3) is 2.39. The zero-order valence-electron chi connectivity index (χ0n) is 12.9. The van der Waals surface area contributed by atoms with E-state index in [0.29, 0.717) is 17.3 Å². The summed E-state index contributed by atoms with van der Waals surface area (Å²) in [7, 11) is -4.02. The Balaban J connectivity index is 2.00. The number of nitrogens with zero attached hydrogens (tertiary/aromatic N) is 1. The molecular weight excluding hydrogens is 316 g/mol. The lowest BCUT2D eigenvalue weighted by molar-refractivity contribution is -0.136. The van der Waals surface area contributed by atoms with Gasteiger partial charge in [-0.05, 0) is 37.8 Å². The first-order valence-electron chi connectivity index (χ1n) is 7.55. The molecule has 1 aromatic carbocycles. The van der Waals surface area contributed by atoms with Crippen molar-refractivity contribution < 1.29 is 18.3 Å². The van der Waals surface area contributed by atoms with Gasteiger partial charge in [-0.2, -0.15) is 12.8 Å². The zero-order valence-corrected chi connectivity index (χ0v) is 13.7. The number of amides is 1. The van der Waals surface area contributed by atoms with Crippen LogP contribution in [0, 0.1) is 12.8 Å². The topological polar surface area (TPSA) is 86.7 Å². The van der Waals surface area contributed by atoms with E-state index in [1.807, 2.05) is 6.92 Å². The number of rotatable bonds is 3. The summed E-state index contributed by atoms with van der Waals surface area (Å²) in [6.07, 6.45) is 1.99. The summed E-state index contributed by atoms with van der Waals surface area (Å²) in [5.41, 5.74) is 2.71. The molecule has 0 bridgehead atoms. The van der Waals surface area contributed by atoms with Gasteiger partial charge in [0.15, 0.2) is 0 Å². The minimum absolute atomic E-state index is 0.0362. The normalized spacial score (nSPS) is 31.0. The van der Waals surface area contributed by atoms with Crippen molar-refractivity contribution in [1.82, 2.24) is 9.84 Å². The van der Waals surface area contributed by atoms with Crippen LogP contribution in [0.3, 0.4) is 0 Å². The van der Waals surface area contributed by atoms with E-state index in [1.165, 1.54) is 18.2 Å². The minimum Gasteiger partial charge on any atom is -0.391 e. The second-order valence-electron chi connectivity index (χ2n) is 6.22. The number of sulfonamides is 1. The molecule has 3 atom stereocenters. The van der Waals surface area contributed by atoms with E-state index in [-0.39, 0.29) is 17.2 Å². The quantitative estimate of drug-likeness (QED) is 0.808. The van der Waals surface area contributed by atoms with Crippen molar-refractivity contribution in [3.8, 4) is 0 Å². The monoisotopic (exact) mass is 336 g/mol. The fraction of sp³-hybridized carbons (Fsp3) is 0.438. The van der Waals surface area contributed by atoms with Crippen molar-refractivity contribution in [3.05, 3.63) is 42.5 Å². The summed E-state index contributed by atoms with van der Waals surface area (Å²) in [6.45, 7) is 5.59. The highest BCUT2D eigenvalue weighted by Crippen LogP contribution is 2.42. The van der Waals surface area contributed by atoms with Gasteiger partial charge in [0, 0.05) is 6.42 Å². The Hall–Kier alpha value is -1.70. The molecule has 23 heavy (non-hydrogen) atoms. The summed E-state index contributed by atoms with van der Waals surface area (Å²) in [5, 5.41) is 10.3. The van der Waals surface area contributed by atoms with Crippen LogP contribution in [0.4, 0.5) is 0 Å². The molecule has 124 valence electrons. The van der Waals surface area contributed by atoms with Crippen molar-refractivity contribution in [1.29, 1.82) is 0 Å². The largest absolute Gasteiger partial charge is 0.391 e. The van der Waals surface area contributed by atoms with Gasteiger partial charge in [0.05, 0.1) is 16.5 Å². The zero-order chi connectivity index (χ0) is 16.8. The first-order valence-corrected chi connectivity index (χ1v) is 8.99. The Morgan fingerprint density at radius 2 is 2.00 bits per heavy atom. The summed E-state index contributed by atoms with van der Waals surface area (Å²) >= 11 is 0. The Bertz CT molecular complexity index is 744. The average molecular weight is 336 g/mol. The highest BCUT2D eigenvalue weighted by molar-refractivity contribution is 7.89. The minimum atomic E-state index is -4.02. The third-order valence-corrected chi connectivity index (χ3v) is 6.50. The molecule has 1 saturated heterocycles. The lowest BCUT2D eigenvalue weighted by Crippen LogP contribution is -2.67. The average Bonchev–Trinajstić information content (AvgIpc) is 2.84. The number of hydrogen-bond acceptors (Lipinski definition) is 5. The van der Waals surface area contributed by atoms with Crippen LogP contribution in [0.1, 0.15) is 24.8 Å². The van der Waals surface area contributed by atoms with Gasteiger partial charge in [-0.3, -0.25) is 4.79 Å². The summed E-state index contributed by atoms with van der Waals surface area (Å²) in [6, 6.07) is 6.30. The Labute approximate surface area is 135 Å². The summed E-state index contributed by atoms with van der Waals surface area (Å²) in [4.78, 5) is 12.4. The predicted molar refractivity (Wildman–Crippen MR) is 84.6 cm³/mol. The number of nitrogens with one attached hydrogen (secondary N) is 1. The van der Waals surface area contributed by atoms with Crippen LogP contribution in [-0.4, -0.2) is 35.5 Å². The van der Waals surface area contributed by atoms with Crippen LogP contribution < -0.4 is 5.43 Å². The molecule has 1 aromatic rings. The van der Waals surface area contributed by atoms with Crippen molar-refractivity contribution in [3.63, 3.8) is 0 Å². The smallest absolute Gasteiger partial charge is 0.280 e. The van der Waals surface area contributed by atoms with Crippen molar-refractivity contribution in [2.24, 2.45) is 5.92 Å². The van der Waals surface area contributed by atoms with Crippen LogP contribution in [0.5, 0.6) is 0 Å². The molecule has 0 unspecified atom stereocenters. The van der Waals surface area contributed by atoms with Crippen LogP contribution in [0.2, 0.25) is 0 Å². The molecule has 1 saturated carbocycles. The first kappa shape index (κ1) is 16.2. The van der Waals surface area contributed by atoms with Gasteiger partial charge >= 0.3 is 0 Å². The van der Waals surface area contributed by atoms with Gasteiger partial charge in [-0.25, -0.2) is 5.43 Å². The van der Waals surface area contributed by atoms with Crippen LogP contribution >= 0.6 is 0 Å². The number of fused-ring (bicyclic) bond motifs is 1. The van der Waals surface area contributed by atoms with Crippen molar-refractivity contribution in [2.75, 3.05) is 0 Å². The molecule has 6 nitrogen and oxygen atoms in total. The standard InChI is InChI=1S/C16H20N2O4S/c1-3-16-12(6-9-14(16)19)10-15(20)18(17-16)23(21,22)13-7-4-11(2)5-8-13/h3-5,7-8,12,14,17,19H,1,6,9-10H2,2H3/t12-,14-,16+/m0/s1. The fourth-order valence-electron chi connectivity index (χ4n) is 3.44. The van der Waals surface area contributed by atoms with Crippen molar-refractivity contribution >= 4 is 15.9 Å². The van der Waals surface area contributed by atoms with E-state index in [9.17, 15) is 18.3 Å². The SMILES string of the molecule is C=C[C@@]12NN(S(=O)(=O)c3ccc(C)cc3)C(=O)C[C@@H]1CC[C@@H]2O. The summed E-state index contributed by atoms with van der Waals surface area (Å²) < 4.78 is 26.2. The highest BCUT2D eigenvalue weighted by Gasteiger charge is 2.55. The van der Waals surface area contributed by atoms with Gasteiger partial charge in [-0.1, -0.05) is 23.8 Å². The second kappa shape index (κ2) is 5.43. The van der Waals surface area contributed by atoms with E-state index >= 15 is 0 Å². The highest BCUT2D eigenvalue weighted by atomic mass is 32.2.